The number of carbonyl (C=O) groups excluding carboxylic acids is 2. The second kappa shape index (κ2) is 10.7. The lowest BCUT2D eigenvalue weighted by Gasteiger charge is -2.26. The van der Waals surface area contributed by atoms with E-state index in [1.54, 1.807) is 7.05 Å². The van der Waals surface area contributed by atoms with Crippen LogP contribution in [0.4, 0.5) is 13.2 Å². The maximum absolute atomic E-state index is 12.2. The van der Waals surface area contributed by atoms with Gasteiger partial charge in [-0.3, -0.25) is 14.6 Å². The molecule has 0 fully saturated rings. The van der Waals surface area contributed by atoms with Gasteiger partial charge in [0.2, 0.25) is 11.8 Å². The summed E-state index contributed by atoms with van der Waals surface area (Å²) >= 11 is 0. The minimum Gasteiger partial charge on any atom is -0.350 e. The smallest absolute Gasteiger partial charge is 0.350 e. The molecule has 0 heterocycles. The van der Waals surface area contributed by atoms with E-state index in [1.165, 1.54) is 11.9 Å². The molecule has 11 heteroatoms. The molecule has 0 atom stereocenters. The van der Waals surface area contributed by atoms with E-state index in [0.29, 0.717) is 4.90 Å². The van der Waals surface area contributed by atoms with Crippen LogP contribution in [-0.2, 0) is 9.59 Å². The Morgan fingerprint density at radius 3 is 2.00 bits per heavy atom. The summed E-state index contributed by atoms with van der Waals surface area (Å²) in [5, 5.41) is 5.42. The molecule has 0 unspecified atom stereocenters. The fourth-order valence-electron chi connectivity index (χ4n) is 1.78. The maximum atomic E-state index is 12.2. The van der Waals surface area contributed by atoms with Crippen molar-refractivity contribution in [2.75, 3.05) is 40.8 Å². The fourth-order valence-corrected chi connectivity index (χ4v) is 1.78. The van der Waals surface area contributed by atoms with E-state index >= 15 is 0 Å². The van der Waals surface area contributed by atoms with Crippen LogP contribution in [0.1, 0.15) is 20.8 Å². The molecular formula is C14H27F3IN5O2. The Labute approximate surface area is 163 Å². The molecule has 0 saturated heterocycles. The summed E-state index contributed by atoms with van der Waals surface area (Å²) in [7, 11) is 4.10. The predicted molar refractivity (Wildman–Crippen MR) is 101 cm³/mol. The molecule has 0 rings (SSSR count). The Morgan fingerprint density at radius 1 is 1.08 bits per heavy atom. The quantitative estimate of drug-likeness (QED) is 0.350. The molecule has 0 bridgehead atoms. The van der Waals surface area contributed by atoms with Crippen LogP contribution < -0.4 is 10.6 Å². The van der Waals surface area contributed by atoms with Gasteiger partial charge in [-0.05, 0) is 20.8 Å². The van der Waals surface area contributed by atoms with E-state index < -0.39 is 18.6 Å². The van der Waals surface area contributed by atoms with Gasteiger partial charge < -0.3 is 20.4 Å². The highest BCUT2D eigenvalue weighted by atomic mass is 127. The summed E-state index contributed by atoms with van der Waals surface area (Å²) < 4.78 is 36.7. The van der Waals surface area contributed by atoms with Crippen molar-refractivity contribution < 1.29 is 22.8 Å². The van der Waals surface area contributed by atoms with Crippen molar-refractivity contribution in [2.24, 2.45) is 4.99 Å². The number of halogens is 4. The first-order chi connectivity index (χ1) is 10.7. The minimum absolute atomic E-state index is 0. The highest BCUT2D eigenvalue weighted by Gasteiger charge is 2.31. The number of guanidine groups is 1. The van der Waals surface area contributed by atoms with Crippen LogP contribution in [0, 0.1) is 0 Å². The minimum atomic E-state index is -4.45. The summed E-state index contributed by atoms with van der Waals surface area (Å²) in [6.07, 6.45) is -4.45. The molecule has 148 valence electrons. The van der Waals surface area contributed by atoms with Crippen LogP contribution >= 0.6 is 24.0 Å². The van der Waals surface area contributed by atoms with Gasteiger partial charge in [-0.1, -0.05) is 0 Å². The highest BCUT2D eigenvalue weighted by Crippen LogP contribution is 2.15. The normalized spacial score (nSPS) is 12.1. The highest BCUT2D eigenvalue weighted by molar-refractivity contribution is 14.0. The summed E-state index contributed by atoms with van der Waals surface area (Å²) in [6.45, 7) is 3.83. The molecule has 0 aromatic heterocycles. The Balaban J connectivity index is 0. The first-order valence-electron chi connectivity index (χ1n) is 7.28. The molecule has 0 radical (unpaired) electrons. The largest absolute Gasteiger partial charge is 0.406 e. The SMILES string of the molecule is CN=C(NCC(=O)N(C)CC(F)(F)F)N(C)CC(=O)NC(C)(C)C.I. The Hall–Kier alpha value is -1.27. The summed E-state index contributed by atoms with van der Waals surface area (Å²) in [4.78, 5) is 29.5. The van der Waals surface area contributed by atoms with E-state index in [4.69, 9.17) is 0 Å². The molecular weight excluding hydrogens is 454 g/mol. The van der Waals surface area contributed by atoms with Gasteiger partial charge in [0.1, 0.15) is 6.54 Å². The third-order valence-electron chi connectivity index (χ3n) is 2.71. The van der Waals surface area contributed by atoms with Gasteiger partial charge >= 0.3 is 6.18 Å². The summed E-state index contributed by atoms with van der Waals surface area (Å²) in [5.41, 5.74) is -0.384. The van der Waals surface area contributed by atoms with Gasteiger partial charge in [0.05, 0.1) is 13.1 Å². The molecule has 0 saturated carbocycles. The first kappa shape index (κ1) is 26.0. The topological polar surface area (TPSA) is 77.0 Å². The van der Waals surface area contributed by atoms with Gasteiger partial charge in [0.15, 0.2) is 5.96 Å². The van der Waals surface area contributed by atoms with Gasteiger partial charge in [-0.15, -0.1) is 24.0 Å². The van der Waals surface area contributed by atoms with Crippen molar-refractivity contribution in [3.8, 4) is 0 Å². The number of alkyl halides is 3. The van der Waals surface area contributed by atoms with E-state index in [1.807, 2.05) is 20.8 Å². The fraction of sp³-hybridized carbons (Fsp3) is 0.786. The van der Waals surface area contributed by atoms with Crippen molar-refractivity contribution in [1.29, 1.82) is 0 Å². The standard InChI is InChI=1S/C14H26F3N5O2.HI/c1-13(2,3)20-10(23)8-21(5)12(18-4)19-7-11(24)22(6)9-14(15,16)17;/h7-9H2,1-6H3,(H,18,19)(H,20,23);1H. The van der Waals surface area contributed by atoms with Crippen LogP contribution in [0.2, 0.25) is 0 Å². The zero-order valence-electron chi connectivity index (χ0n) is 15.3. The van der Waals surface area contributed by atoms with Gasteiger partial charge in [-0.2, -0.15) is 13.2 Å². The Bertz CT molecular complexity index is 478. The summed E-state index contributed by atoms with van der Waals surface area (Å²) in [6, 6.07) is 0. The van der Waals surface area contributed by atoms with Crippen LogP contribution in [-0.4, -0.2) is 80.1 Å². The Morgan fingerprint density at radius 2 is 1.60 bits per heavy atom. The number of nitrogens with zero attached hydrogens (tertiary/aromatic N) is 3. The third-order valence-corrected chi connectivity index (χ3v) is 2.71. The molecule has 25 heavy (non-hydrogen) atoms. The number of hydrogen-bond acceptors (Lipinski definition) is 3. The lowest BCUT2D eigenvalue weighted by Crippen LogP contribution is -2.50. The Kier molecular flexibility index (Phi) is 11.1. The first-order valence-corrected chi connectivity index (χ1v) is 7.28. The molecule has 7 nitrogen and oxygen atoms in total. The number of amides is 2. The van der Waals surface area contributed by atoms with Crippen LogP contribution in [0.3, 0.4) is 0 Å². The molecule has 0 aromatic carbocycles. The number of hydrogen-bond donors (Lipinski definition) is 2. The maximum Gasteiger partial charge on any atom is 0.406 e. The molecule has 0 aliphatic rings. The monoisotopic (exact) mass is 481 g/mol. The zero-order valence-corrected chi connectivity index (χ0v) is 17.7. The van der Waals surface area contributed by atoms with Gasteiger partial charge in [0, 0.05) is 26.7 Å². The molecule has 0 aliphatic heterocycles. The van der Waals surface area contributed by atoms with E-state index in [-0.39, 0.29) is 54.5 Å². The van der Waals surface area contributed by atoms with Crippen LogP contribution in [0.25, 0.3) is 0 Å². The molecule has 2 amide bonds. The van der Waals surface area contributed by atoms with Crippen LogP contribution in [0.5, 0.6) is 0 Å². The van der Waals surface area contributed by atoms with Gasteiger partial charge in [0.25, 0.3) is 0 Å². The predicted octanol–water partition coefficient (Wildman–Crippen LogP) is 1.05. The van der Waals surface area contributed by atoms with Crippen LogP contribution in [0.15, 0.2) is 4.99 Å². The number of rotatable bonds is 5. The summed E-state index contributed by atoms with van der Waals surface area (Å²) in [5.74, 6) is -0.748. The molecule has 0 aliphatic carbocycles. The lowest BCUT2D eigenvalue weighted by atomic mass is 10.1. The van der Waals surface area contributed by atoms with E-state index in [9.17, 15) is 22.8 Å². The van der Waals surface area contributed by atoms with Gasteiger partial charge in [-0.25, -0.2) is 0 Å². The molecule has 2 N–H and O–H groups in total. The van der Waals surface area contributed by atoms with Crippen molar-refractivity contribution in [2.45, 2.75) is 32.5 Å². The second-order valence-electron chi connectivity index (χ2n) is 6.42. The number of aliphatic imine (C=N–C) groups is 1. The number of nitrogens with one attached hydrogen (secondary N) is 2. The second-order valence-corrected chi connectivity index (χ2v) is 6.42. The third kappa shape index (κ3) is 12.7. The average molecular weight is 481 g/mol. The van der Waals surface area contributed by atoms with Crippen molar-refractivity contribution in [3.63, 3.8) is 0 Å². The molecule has 0 aromatic rings. The lowest BCUT2D eigenvalue weighted by molar-refractivity contribution is -0.157. The van der Waals surface area contributed by atoms with Crippen molar-refractivity contribution in [1.82, 2.24) is 20.4 Å². The molecule has 0 spiro atoms. The van der Waals surface area contributed by atoms with E-state index in [2.05, 4.69) is 15.6 Å². The zero-order chi connectivity index (χ0) is 19.1. The van der Waals surface area contributed by atoms with Crippen molar-refractivity contribution in [3.05, 3.63) is 0 Å². The average Bonchev–Trinajstić information content (AvgIpc) is 2.34. The van der Waals surface area contributed by atoms with E-state index in [0.717, 1.165) is 7.05 Å². The number of carbonyl (C=O) groups is 2. The van der Waals surface area contributed by atoms with Crippen molar-refractivity contribution >= 4 is 41.8 Å². The number of likely N-dealkylation sites (N-methyl/N-ethyl adjacent to an activating group) is 2.